The molecule has 1 aromatic heterocycles. The molecule has 0 unspecified atom stereocenters. The largest absolute Gasteiger partial charge is 0.432 e. The van der Waals surface area contributed by atoms with Gasteiger partial charge in [-0.1, -0.05) is 54.1 Å². The van der Waals surface area contributed by atoms with E-state index in [2.05, 4.69) is 15.4 Å². The summed E-state index contributed by atoms with van der Waals surface area (Å²) < 4.78 is 56.1. The SMILES string of the molecule is O=C(N[C@H]1N=C(c2ccccc2)c2cccc(F)c2CC1=O)c1cnn(C2COC2)c1Oc1c(F)cc(Cl)cc1F. The van der Waals surface area contributed by atoms with Gasteiger partial charge in [-0.25, -0.2) is 17.9 Å². The van der Waals surface area contributed by atoms with Gasteiger partial charge in [0, 0.05) is 28.1 Å². The molecular formula is C29H20ClF3N4O4. The number of carbonyl (C=O) groups is 2. The highest BCUT2D eigenvalue weighted by Gasteiger charge is 2.33. The van der Waals surface area contributed by atoms with Gasteiger partial charge in [-0.2, -0.15) is 5.10 Å². The fourth-order valence-corrected chi connectivity index (χ4v) is 4.79. The number of rotatable bonds is 6. The Kier molecular flexibility index (Phi) is 7.06. The fourth-order valence-electron chi connectivity index (χ4n) is 4.60. The molecule has 6 rings (SSSR count). The number of ether oxygens (including phenoxy) is 2. The van der Waals surface area contributed by atoms with Gasteiger partial charge in [-0.15, -0.1) is 0 Å². The van der Waals surface area contributed by atoms with Crippen LogP contribution in [-0.4, -0.2) is 46.6 Å². The molecule has 3 aromatic carbocycles. The van der Waals surface area contributed by atoms with Crippen molar-refractivity contribution in [1.29, 1.82) is 0 Å². The minimum Gasteiger partial charge on any atom is -0.432 e. The zero-order valence-corrected chi connectivity index (χ0v) is 21.9. The Hall–Kier alpha value is -4.48. The molecule has 41 heavy (non-hydrogen) atoms. The number of benzene rings is 3. The number of nitrogens with one attached hydrogen (secondary N) is 1. The molecule has 1 N–H and O–H groups in total. The standard InChI is InChI=1S/C29H20ClF3N4O4/c30-16-9-22(32)26(23(33)10-16)41-29-20(12-34-37(29)17-13-40-14-17)28(39)36-27-24(38)11-19-18(7-4-8-21(19)31)25(35-27)15-5-2-1-3-6-15/h1-10,12,17,27H,11,13-14H2,(H,36,39)/t27-/m1/s1. The number of hydrogen-bond acceptors (Lipinski definition) is 6. The molecule has 1 amide bonds. The normalized spacial score (nSPS) is 16.8. The van der Waals surface area contributed by atoms with Crippen molar-refractivity contribution in [2.45, 2.75) is 18.6 Å². The number of fused-ring (bicyclic) bond motifs is 1. The first-order chi connectivity index (χ1) is 19.8. The number of Topliss-reactive ketones (excluding diaryl/α,β-unsaturated/α-hetero) is 1. The fraction of sp³-hybridized carbons (Fsp3) is 0.172. The average Bonchev–Trinajstić information content (AvgIpc) is 3.25. The van der Waals surface area contributed by atoms with Crippen LogP contribution in [0.1, 0.15) is 33.1 Å². The molecule has 0 aliphatic carbocycles. The van der Waals surface area contributed by atoms with E-state index in [1.54, 1.807) is 36.4 Å². The Bertz CT molecular complexity index is 1680. The molecule has 0 bridgehead atoms. The minimum atomic E-state index is -1.41. The lowest BCUT2D eigenvalue weighted by atomic mass is 9.95. The van der Waals surface area contributed by atoms with E-state index in [4.69, 9.17) is 21.1 Å². The molecule has 8 nitrogen and oxygen atoms in total. The van der Waals surface area contributed by atoms with Gasteiger partial charge in [0.05, 0.1) is 25.1 Å². The molecule has 2 aliphatic heterocycles. The molecule has 0 spiro atoms. The zero-order valence-electron chi connectivity index (χ0n) is 21.1. The Balaban J connectivity index is 1.37. The first-order valence-corrected chi connectivity index (χ1v) is 12.9. The van der Waals surface area contributed by atoms with E-state index in [0.717, 1.165) is 18.3 Å². The van der Waals surface area contributed by atoms with Crippen molar-refractivity contribution in [3.05, 3.63) is 112 Å². The maximum absolute atomic E-state index is 14.8. The van der Waals surface area contributed by atoms with Crippen molar-refractivity contribution >= 4 is 29.0 Å². The minimum absolute atomic E-state index is 0.160. The van der Waals surface area contributed by atoms with E-state index in [0.29, 0.717) is 16.8 Å². The Morgan fingerprint density at radius 3 is 2.44 bits per heavy atom. The second-order valence-electron chi connectivity index (χ2n) is 9.43. The van der Waals surface area contributed by atoms with Crippen LogP contribution in [0, 0.1) is 17.5 Å². The van der Waals surface area contributed by atoms with Crippen LogP contribution in [0.15, 0.2) is 71.9 Å². The molecule has 4 aromatic rings. The van der Waals surface area contributed by atoms with Gasteiger partial charge in [0.1, 0.15) is 17.4 Å². The van der Waals surface area contributed by atoms with E-state index < -0.39 is 41.1 Å². The van der Waals surface area contributed by atoms with E-state index in [1.807, 2.05) is 0 Å². The second-order valence-corrected chi connectivity index (χ2v) is 9.87. The quantitative estimate of drug-likeness (QED) is 0.345. The van der Waals surface area contributed by atoms with Gasteiger partial charge in [-0.05, 0) is 18.2 Å². The lowest BCUT2D eigenvalue weighted by Crippen LogP contribution is -2.40. The summed E-state index contributed by atoms with van der Waals surface area (Å²) in [5, 5.41) is 6.56. The Morgan fingerprint density at radius 1 is 1.02 bits per heavy atom. The van der Waals surface area contributed by atoms with Crippen molar-refractivity contribution in [2.75, 3.05) is 13.2 Å². The Morgan fingerprint density at radius 2 is 1.76 bits per heavy atom. The van der Waals surface area contributed by atoms with Crippen molar-refractivity contribution in [1.82, 2.24) is 15.1 Å². The number of ketones is 1. The maximum Gasteiger partial charge on any atom is 0.260 e. The second kappa shape index (κ2) is 10.8. The summed E-state index contributed by atoms with van der Waals surface area (Å²) >= 11 is 5.73. The van der Waals surface area contributed by atoms with Crippen LogP contribution < -0.4 is 10.1 Å². The van der Waals surface area contributed by atoms with Gasteiger partial charge in [0.15, 0.2) is 23.6 Å². The summed E-state index contributed by atoms with van der Waals surface area (Å²) in [5.74, 6) is -5.21. The summed E-state index contributed by atoms with van der Waals surface area (Å²) in [6.07, 6.45) is -0.570. The number of nitrogens with zero attached hydrogens (tertiary/aromatic N) is 3. The first-order valence-electron chi connectivity index (χ1n) is 12.5. The molecular weight excluding hydrogens is 561 g/mol. The van der Waals surface area contributed by atoms with Crippen LogP contribution in [0.25, 0.3) is 0 Å². The highest BCUT2D eigenvalue weighted by molar-refractivity contribution is 6.30. The number of aliphatic imine (C=N–C) groups is 1. The van der Waals surface area contributed by atoms with E-state index in [-0.39, 0.29) is 47.7 Å². The van der Waals surface area contributed by atoms with Gasteiger partial charge >= 0.3 is 0 Å². The first kappa shape index (κ1) is 26.7. The average molecular weight is 581 g/mol. The van der Waals surface area contributed by atoms with Gasteiger partial charge in [0.25, 0.3) is 5.91 Å². The number of carbonyl (C=O) groups excluding carboxylic acids is 2. The molecule has 12 heteroatoms. The van der Waals surface area contributed by atoms with Crippen molar-refractivity contribution < 1.29 is 32.2 Å². The van der Waals surface area contributed by atoms with Gasteiger partial charge in [-0.3, -0.25) is 14.6 Å². The van der Waals surface area contributed by atoms with Crippen LogP contribution in [0.3, 0.4) is 0 Å². The topological polar surface area (TPSA) is 94.8 Å². The molecule has 0 radical (unpaired) electrons. The smallest absolute Gasteiger partial charge is 0.260 e. The molecule has 2 aliphatic rings. The maximum atomic E-state index is 14.8. The van der Waals surface area contributed by atoms with Crippen LogP contribution >= 0.6 is 11.6 Å². The predicted octanol–water partition coefficient (Wildman–Crippen LogP) is 5.04. The van der Waals surface area contributed by atoms with Crippen molar-refractivity contribution in [3.63, 3.8) is 0 Å². The third-order valence-corrected chi connectivity index (χ3v) is 6.94. The monoisotopic (exact) mass is 580 g/mol. The number of aromatic nitrogens is 2. The lowest BCUT2D eigenvalue weighted by molar-refractivity contribution is -0.120. The summed E-state index contributed by atoms with van der Waals surface area (Å²) in [6, 6.07) is 14.7. The predicted molar refractivity (Wildman–Crippen MR) is 142 cm³/mol. The molecule has 1 fully saturated rings. The zero-order chi connectivity index (χ0) is 28.7. The van der Waals surface area contributed by atoms with Crippen LogP contribution in [-0.2, 0) is 16.0 Å². The number of hydrogen-bond donors (Lipinski definition) is 1. The van der Waals surface area contributed by atoms with Crippen molar-refractivity contribution in [2.24, 2.45) is 4.99 Å². The van der Waals surface area contributed by atoms with Crippen LogP contribution in [0.5, 0.6) is 11.6 Å². The third-order valence-electron chi connectivity index (χ3n) is 6.73. The Labute approximate surface area is 236 Å². The van der Waals surface area contributed by atoms with Gasteiger partial charge < -0.3 is 14.8 Å². The van der Waals surface area contributed by atoms with E-state index >= 15 is 0 Å². The highest BCUT2D eigenvalue weighted by Crippen LogP contribution is 2.35. The van der Waals surface area contributed by atoms with E-state index in [1.165, 1.54) is 16.8 Å². The highest BCUT2D eigenvalue weighted by atomic mass is 35.5. The molecule has 208 valence electrons. The molecule has 0 saturated carbocycles. The van der Waals surface area contributed by atoms with Crippen LogP contribution in [0.4, 0.5) is 13.2 Å². The molecule has 1 saturated heterocycles. The lowest BCUT2D eigenvalue weighted by Gasteiger charge is -2.27. The molecule has 1 atom stereocenters. The van der Waals surface area contributed by atoms with E-state index in [9.17, 15) is 22.8 Å². The summed E-state index contributed by atoms with van der Waals surface area (Å²) in [6.45, 7) is 0.473. The van der Waals surface area contributed by atoms with Crippen LogP contribution in [0.2, 0.25) is 5.02 Å². The third kappa shape index (κ3) is 5.09. The molecule has 3 heterocycles. The number of halogens is 4. The summed E-state index contributed by atoms with van der Waals surface area (Å²) in [5.41, 5.74) is 1.32. The van der Waals surface area contributed by atoms with Gasteiger partial charge in [0.2, 0.25) is 11.6 Å². The van der Waals surface area contributed by atoms with Crippen molar-refractivity contribution in [3.8, 4) is 11.6 Å². The summed E-state index contributed by atoms with van der Waals surface area (Å²) in [7, 11) is 0. The summed E-state index contributed by atoms with van der Waals surface area (Å²) in [4.78, 5) is 31.4. The number of amides is 1.